The standard InChI is InChI=1S/C38H40Cl2F3N7O4/c1-48(37(52)28-19-26(8-10-34(28)53-2)32-21-44-47-46-32)22-27(25-7-9-29(39)30(40)20-25)13-16-49-14-11-24(12-15-49)35(51)36-45-31-5-3-4-6-33(31)50(36)17-18-54-23-38(41,42)43/h3-10,19-21,24,27,32H,11-18,22-23H2,1-2H3. The van der Waals surface area contributed by atoms with Crippen LogP contribution in [0.15, 0.2) is 76.1 Å². The first-order valence-corrected chi connectivity index (χ1v) is 18.4. The van der Waals surface area contributed by atoms with Gasteiger partial charge in [0.05, 0.1) is 46.6 Å². The minimum Gasteiger partial charge on any atom is -0.496 e. The van der Waals surface area contributed by atoms with Gasteiger partial charge in [-0.25, -0.2) is 4.98 Å². The molecule has 1 saturated heterocycles. The number of aromatic nitrogens is 2. The first-order valence-electron chi connectivity index (χ1n) is 17.6. The van der Waals surface area contributed by atoms with Gasteiger partial charge in [-0.05, 0) is 91.6 Å². The Kier molecular flexibility index (Phi) is 12.7. The van der Waals surface area contributed by atoms with Crippen molar-refractivity contribution in [2.45, 2.75) is 43.9 Å². The molecule has 54 heavy (non-hydrogen) atoms. The number of likely N-dealkylation sites (N-methyl/N-ethyl adjacent to an activating group) is 1. The highest BCUT2D eigenvalue weighted by molar-refractivity contribution is 6.42. The first-order chi connectivity index (χ1) is 25.9. The van der Waals surface area contributed by atoms with Crippen molar-refractivity contribution in [3.05, 3.63) is 93.2 Å². The van der Waals surface area contributed by atoms with E-state index < -0.39 is 12.8 Å². The first kappa shape index (κ1) is 39.3. The number of piperidine rings is 1. The molecule has 1 amide bonds. The van der Waals surface area contributed by atoms with Gasteiger partial charge in [-0.3, -0.25) is 9.59 Å². The van der Waals surface area contributed by atoms with Gasteiger partial charge in [0.1, 0.15) is 18.4 Å². The number of alkyl halides is 3. The SMILES string of the molecule is COc1ccc(C2C=NN=N2)cc1C(=O)N(C)CC(CCN1CCC(C(=O)c2nc3ccccc3n2CCOCC(F)(F)F)CC1)c1ccc(Cl)c(Cl)c1. The Bertz CT molecular complexity index is 2020. The van der Waals surface area contributed by atoms with Gasteiger partial charge in [0.15, 0.2) is 5.82 Å². The number of benzene rings is 3. The van der Waals surface area contributed by atoms with Crippen LogP contribution in [0, 0.1) is 5.92 Å². The summed E-state index contributed by atoms with van der Waals surface area (Å²) >= 11 is 12.7. The zero-order valence-electron chi connectivity index (χ0n) is 29.8. The summed E-state index contributed by atoms with van der Waals surface area (Å²) in [6.07, 6.45) is -0.929. The molecule has 2 aliphatic heterocycles. The molecule has 6 rings (SSSR count). The summed E-state index contributed by atoms with van der Waals surface area (Å²) in [6.45, 7) is 0.929. The average Bonchev–Trinajstić information content (AvgIpc) is 3.84. The number of carbonyl (C=O) groups excluding carboxylic acids is 2. The van der Waals surface area contributed by atoms with Gasteiger partial charge in [0.25, 0.3) is 5.91 Å². The minimum atomic E-state index is -4.43. The smallest absolute Gasteiger partial charge is 0.411 e. The summed E-state index contributed by atoms with van der Waals surface area (Å²) in [6, 6.07) is 17.7. The van der Waals surface area contributed by atoms with E-state index in [1.54, 1.807) is 65.2 Å². The van der Waals surface area contributed by atoms with Crippen LogP contribution in [0.25, 0.3) is 11.0 Å². The maximum absolute atomic E-state index is 13.9. The van der Waals surface area contributed by atoms with Gasteiger partial charge < -0.3 is 23.8 Å². The number of nitrogens with zero attached hydrogens (tertiary/aromatic N) is 7. The molecule has 2 atom stereocenters. The van der Waals surface area contributed by atoms with Gasteiger partial charge in [0.2, 0.25) is 5.78 Å². The Morgan fingerprint density at radius 3 is 2.50 bits per heavy atom. The second-order valence-corrected chi connectivity index (χ2v) is 14.3. The molecule has 2 aliphatic rings. The zero-order valence-corrected chi connectivity index (χ0v) is 31.3. The van der Waals surface area contributed by atoms with E-state index in [0.29, 0.717) is 77.8 Å². The number of ether oxygens (including phenoxy) is 2. The van der Waals surface area contributed by atoms with Gasteiger partial charge >= 0.3 is 6.18 Å². The molecule has 1 aromatic heterocycles. The molecular formula is C38H40Cl2F3N7O4. The second-order valence-electron chi connectivity index (χ2n) is 13.4. The van der Waals surface area contributed by atoms with Crippen LogP contribution in [-0.2, 0) is 11.3 Å². The Hall–Kier alpha value is -4.37. The quantitative estimate of drug-likeness (QED) is 0.0886. The van der Waals surface area contributed by atoms with Gasteiger partial charge in [0, 0.05) is 32.0 Å². The third-order valence-corrected chi connectivity index (χ3v) is 10.6. The van der Waals surface area contributed by atoms with Crippen molar-refractivity contribution in [1.29, 1.82) is 0 Å². The third kappa shape index (κ3) is 9.46. The summed E-state index contributed by atoms with van der Waals surface area (Å²) in [5, 5.41) is 12.5. The van der Waals surface area contributed by atoms with Crippen LogP contribution >= 0.6 is 23.2 Å². The highest BCUT2D eigenvalue weighted by atomic mass is 35.5. The summed E-state index contributed by atoms with van der Waals surface area (Å²) in [4.78, 5) is 36.3. The number of ketones is 1. The van der Waals surface area contributed by atoms with E-state index in [-0.39, 0.29) is 48.5 Å². The topological polar surface area (TPSA) is 114 Å². The highest BCUT2D eigenvalue weighted by Crippen LogP contribution is 2.32. The van der Waals surface area contributed by atoms with Crippen molar-refractivity contribution in [1.82, 2.24) is 19.4 Å². The molecule has 11 nitrogen and oxygen atoms in total. The molecule has 3 heterocycles. The number of para-hydroxylation sites is 2. The Morgan fingerprint density at radius 2 is 1.80 bits per heavy atom. The van der Waals surface area contributed by atoms with Crippen LogP contribution in [0.2, 0.25) is 10.0 Å². The van der Waals surface area contributed by atoms with Crippen LogP contribution < -0.4 is 4.74 Å². The van der Waals surface area contributed by atoms with Crippen LogP contribution in [-0.4, -0.2) is 97.0 Å². The Balaban J connectivity index is 1.11. The fourth-order valence-corrected chi connectivity index (χ4v) is 7.27. The van der Waals surface area contributed by atoms with Gasteiger partial charge in [-0.2, -0.15) is 18.3 Å². The van der Waals surface area contributed by atoms with Crippen molar-refractivity contribution in [2.24, 2.45) is 21.4 Å². The lowest BCUT2D eigenvalue weighted by atomic mass is 9.90. The van der Waals surface area contributed by atoms with E-state index in [4.69, 9.17) is 32.7 Å². The average molecular weight is 787 g/mol. The summed E-state index contributed by atoms with van der Waals surface area (Å²) in [5.41, 5.74) is 3.39. The number of likely N-dealkylation sites (tertiary alicyclic amines) is 1. The summed E-state index contributed by atoms with van der Waals surface area (Å²) in [7, 11) is 3.27. The molecule has 286 valence electrons. The highest BCUT2D eigenvalue weighted by Gasteiger charge is 2.31. The molecule has 4 aromatic rings. The molecule has 2 unspecified atom stereocenters. The maximum atomic E-state index is 13.9. The molecule has 3 aromatic carbocycles. The zero-order chi connectivity index (χ0) is 38.4. The normalized spacial score (nSPS) is 17.0. The Labute approximate surface area is 320 Å². The molecule has 0 saturated carbocycles. The number of hydrogen-bond donors (Lipinski definition) is 0. The Morgan fingerprint density at radius 1 is 1.02 bits per heavy atom. The fourth-order valence-electron chi connectivity index (χ4n) is 6.96. The van der Waals surface area contributed by atoms with Crippen LogP contribution in [0.4, 0.5) is 13.2 Å². The van der Waals surface area contributed by atoms with E-state index in [9.17, 15) is 22.8 Å². The predicted octanol–water partition coefficient (Wildman–Crippen LogP) is 8.26. The molecule has 0 aliphatic carbocycles. The number of imidazole rings is 1. The largest absolute Gasteiger partial charge is 0.496 e. The number of Topliss-reactive ketones (excluding diaryl/α,β-unsaturated/α-hetero) is 1. The molecule has 1 fully saturated rings. The van der Waals surface area contributed by atoms with Crippen molar-refractivity contribution in [3.63, 3.8) is 0 Å². The van der Waals surface area contributed by atoms with E-state index in [1.807, 2.05) is 18.2 Å². The lowest BCUT2D eigenvalue weighted by Crippen LogP contribution is -2.39. The van der Waals surface area contributed by atoms with Crippen molar-refractivity contribution in [2.75, 3.05) is 53.6 Å². The van der Waals surface area contributed by atoms with E-state index in [1.165, 1.54) is 7.11 Å². The van der Waals surface area contributed by atoms with Crippen molar-refractivity contribution in [3.8, 4) is 5.75 Å². The molecule has 0 bridgehead atoms. The molecule has 0 N–H and O–H groups in total. The number of hydrogen-bond acceptors (Lipinski definition) is 9. The van der Waals surface area contributed by atoms with Gasteiger partial charge in [-0.1, -0.05) is 47.5 Å². The van der Waals surface area contributed by atoms with Crippen molar-refractivity contribution < 1.29 is 32.2 Å². The maximum Gasteiger partial charge on any atom is 0.411 e. The summed E-state index contributed by atoms with van der Waals surface area (Å²) < 4.78 is 50.1. The molecular weight excluding hydrogens is 746 g/mol. The number of amides is 1. The number of rotatable bonds is 15. The van der Waals surface area contributed by atoms with Crippen LogP contribution in [0.3, 0.4) is 0 Å². The number of methoxy groups -OCH3 is 1. The predicted molar refractivity (Wildman–Crippen MR) is 200 cm³/mol. The monoisotopic (exact) mass is 785 g/mol. The number of fused-ring (bicyclic) bond motifs is 1. The molecule has 0 spiro atoms. The minimum absolute atomic E-state index is 0.0726. The fraction of sp³-hybridized carbons (Fsp3) is 0.421. The van der Waals surface area contributed by atoms with Crippen molar-refractivity contribution >= 4 is 52.1 Å². The lowest BCUT2D eigenvalue weighted by molar-refractivity contribution is -0.174. The van der Waals surface area contributed by atoms with E-state index in [0.717, 1.165) is 11.1 Å². The van der Waals surface area contributed by atoms with E-state index in [2.05, 4.69) is 25.3 Å². The lowest BCUT2D eigenvalue weighted by Gasteiger charge is -2.33. The molecule has 0 radical (unpaired) electrons. The van der Waals surface area contributed by atoms with Crippen LogP contribution in [0.1, 0.15) is 63.3 Å². The number of halogens is 5. The molecule has 16 heteroatoms. The van der Waals surface area contributed by atoms with E-state index >= 15 is 0 Å². The number of carbonyl (C=O) groups is 2. The van der Waals surface area contributed by atoms with Crippen LogP contribution in [0.5, 0.6) is 5.75 Å². The summed E-state index contributed by atoms with van der Waals surface area (Å²) in [5.74, 6) is -0.0548. The van der Waals surface area contributed by atoms with Gasteiger partial charge in [-0.15, -0.1) is 5.10 Å². The third-order valence-electron chi connectivity index (χ3n) is 9.84. The second kappa shape index (κ2) is 17.4.